The van der Waals surface area contributed by atoms with Crippen LogP contribution in [0.3, 0.4) is 0 Å². The van der Waals surface area contributed by atoms with Crippen LogP contribution in [0.25, 0.3) is 27.6 Å². The Kier molecular flexibility index (Phi) is 4.04. The van der Waals surface area contributed by atoms with E-state index < -0.39 is 0 Å². The number of benzene rings is 2. The monoisotopic (exact) mass is 372 g/mol. The largest absolute Gasteiger partial charge is 0.508 e. The van der Waals surface area contributed by atoms with Crippen molar-refractivity contribution in [1.29, 1.82) is 0 Å². The summed E-state index contributed by atoms with van der Waals surface area (Å²) in [7, 11) is 0. The van der Waals surface area contributed by atoms with Crippen LogP contribution in [0.1, 0.15) is 52.7 Å². The van der Waals surface area contributed by atoms with Crippen molar-refractivity contribution in [2.75, 3.05) is 0 Å². The highest BCUT2D eigenvalue weighted by atomic mass is 16.3. The molecule has 0 saturated heterocycles. The topological polar surface area (TPSA) is 38.0 Å². The van der Waals surface area contributed by atoms with E-state index >= 15 is 0 Å². The Morgan fingerprint density at radius 3 is 2.07 bits per heavy atom. The molecule has 0 aliphatic carbocycles. The SMILES string of the molecule is CC(C)(C)c1ccnc(-n2c3ccc(C(C)(C)C)cc3c3ccc(O)cc32)c1. The molecule has 144 valence electrons. The van der Waals surface area contributed by atoms with E-state index in [2.05, 4.69) is 81.4 Å². The molecular weight excluding hydrogens is 344 g/mol. The van der Waals surface area contributed by atoms with E-state index in [9.17, 15) is 5.11 Å². The lowest BCUT2D eigenvalue weighted by molar-refractivity contribution is 0.476. The Labute approximate surface area is 166 Å². The Balaban J connectivity index is 2.09. The Morgan fingerprint density at radius 1 is 0.714 bits per heavy atom. The molecule has 0 spiro atoms. The summed E-state index contributed by atoms with van der Waals surface area (Å²) in [6, 6.07) is 16.5. The summed E-state index contributed by atoms with van der Waals surface area (Å²) in [5.41, 5.74) is 4.72. The first-order valence-corrected chi connectivity index (χ1v) is 9.80. The van der Waals surface area contributed by atoms with Gasteiger partial charge in [-0.2, -0.15) is 0 Å². The third kappa shape index (κ3) is 3.05. The average Bonchev–Trinajstić information content (AvgIpc) is 2.93. The molecule has 0 aliphatic rings. The molecule has 0 radical (unpaired) electrons. The van der Waals surface area contributed by atoms with Gasteiger partial charge in [-0.1, -0.05) is 47.6 Å². The van der Waals surface area contributed by atoms with Crippen molar-refractivity contribution < 1.29 is 5.11 Å². The minimum atomic E-state index is 0.0397. The molecule has 0 saturated carbocycles. The molecule has 0 fully saturated rings. The molecule has 4 rings (SSSR count). The number of aromatic hydroxyl groups is 1. The predicted octanol–water partition coefficient (Wildman–Crippen LogP) is 6.48. The van der Waals surface area contributed by atoms with Crippen LogP contribution >= 0.6 is 0 Å². The van der Waals surface area contributed by atoms with Crippen LogP contribution < -0.4 is 0 Å². The van der Waals surface area contributed by atoms with Crippen LogP contribution in [0.5, 0.6) is 5.75 Å². The lowest BCUT2D eigenvalue weighted by Crippen LogP contribution is -2.12. The minimum absolute atomic E-state index is 0.0397. The van der Waals surface area contributed by atoms with Gasteiger partial charge in [-0.25, -0.2) is 4.98 Å². The first kappa shape index (κ1) is 18.5. The molecule has 0 bridgehead atoms. The first-order valence-electron chi connectivity index (χ1n) is 9.80. The van der Waals surface area contributed by atoms with Crippen LogP contribution in [0.15, 0.2) is 54.7 Å². The number of nitrogens with zero attached hydrogens (tertiary/aromatic N) is 2. The number of aromatic nitrogens is 2. The fraction of sp³-hybridized carbons (Fsp3) is 0.320. The van der Waals surface area contributed by atoms with Crippen molar-refractivity contribution >= 4 is 21.8 Å². The van der Waals surface area contributed by atoms with Gasteiger partial charge in [0.05, 0.1) is 11.0 Å². The van der Waals surface area contributed by atoms with Crippen LogP contribution in [-0.2, 0) is 10.8 Å². The maximum Gasteiger partial charge on any atom is 0.137 e. The van der Waals surface area contributed by atoms with Gasteiger partial charge in [-0.05, 0) is 58.4 Å². The van der Waals surface area contributed by atoms with Gasteiger partial charge in [0.1, 0.15) is 11.6 Å². The van der Waals surface area contributed by atoms with Crippen LogP contribution in [0, 0.1) is 0 Å². The zero-order valence-corrected chi connectivity index (χ0v) is 17.5. The van der Waals surface area contributed by atoms with Gasteiger partial charge in [-0.15, -0.1) is 0 Å². The molecule has 2 aromatic carbocycles. The van der Waals surface area contributed by atoms with E-state index in [0.717, 1.165) is 22.2 Å². The molecule has 3 heteroatoms. The van der Waals surface area contributed by atoms with Gasteiger partial charge in [0, 0.05) is 23.0 Å². The summed E-state index contributed by atoms with van der Waals surface area (Å²) >= 11 is 0. The minimum Gasteiger partial charge on any atom is -0.508 e. The lowest BCUT2D eigenvalue weighted by atomic mass is 9.86. The summed E-state index contributed by atoms with van der Waals surface area (Å²) < 4.78 is 2.16. The summed E-state index contributed by atoms with van der Waals surface area (Å²) in [5.74, 6) is 1.14. The van der Waals surface area contributed by atoms with E-state index in [1.165, 1.54) is 16.5 Å². The maximum absolute atomic E-state index is 10.2. The Bertz CT molecular complexity index is 1190. The van der Waals surface area contributed by atoms with Gasteiger partial charge in [0.2, 0.25) is 0 Å². The highest BCUT2D eigenvalue weighted by Gasteiger charge is 2.20. The molecule has 2 aromatic heterocycles. The zero-order chi connectivity index (χ0) is 20.3. The lowest BCUT2D eigenvalue weighted by Gasteiger charge is -2.20. The van der Waals surface area contributed by atoms with E-state index in [0.29, 0.717) is 0 Å². The van der Waals surface area contributed by atoms with Gasteiger partial charge in [0.15, 0.2) is 0 Å². The van der Waals surface area contributed by atoms with Crippen molar-refractivity contribution in [3.05, 3.63) is 65.9 Å². The quantitative estimate of drug-likeness (QED) is 0.415. The summed E-state index contributed by atoms with van der Waals surface area (Å²) in [4.78, 5) is 4.68. The molecule has 0 aliphatic heterocycles. The molecule has 0 amide bonds. The number of fused-ring (bicyclic) bond motifs is 3. The van der Waals surface area contributed by atoms with E-state index in [4.69, 9.17) is 0 Å². The molecular formula is C25H28N2O. The first-order chi connectivity index (χ1) is 13.1. The number of phenolic OH excluding ortho intramolecular Hbond substituents is 1. The number of hydrogen-bond donors (Lipinski definition) is 1. The second-order valence-electron chi connectivity index (χ2n) is 9.67. The molecule has 28 heavy (non-hydrogen) atoms. The van der Waals surface area contributed by atoms with Crippen LogP contribution in [0.4, 0.5) is 0 Å². The van der Waals surface area contributed by atoms with Crippen LogP contribution in [-0.4, -0.2) is 14.7 Å². The smallest absolute Gasteiger partial charge is 0.137 e. The average molecular weight is 373 g/mol. The summed E-state index contributed by atoms with van der Waals surface area (Å²) in [5, 5.41) is 12.5. The molecule has 3 nitrogen and oxygen atoms in total. The number of pyridine rings is 1. The van der Waals surface area contributed by atoms with Crippen LogP contribution in [0.2, 0.25) is 0 Å². The van der Waals surface area contributed by atoms with E-state index in [1.54, 1.807) is 6.07 Å². The van der Waals surface area contributed by atoms with Gasteiger partial charge in [0.25, 0.3) is 0 Å². The molecule has 1 N–H and O–H groups in total. The Morgan fingerprint density at radius 2 is 1.39 bits per heavy atom. The van der Waals surface area contributed by atoms with Gasteiger partial charge in [-0.3, -0.25) is 4.57 Å². The van der Waals surface area contributed by atoms with Crippen molar-refractivity contribution in [2.24, 2.45) is 0 Å². The van der Waals surface area contributed by atoms with Gasteiger partial charge < -0.3 is 5.11 Å². The standard InChI is InChI=1S/C25H28N2O/c1-24(2,3)16-7-10-21-20(13-16)19-9-8-18(28)15-22(19)27(21)23-14-17(11-12-26-23)25(4,5)6/h7-15,28H,1-6H3. The Hall–Kier alpha value is -2.81. The number of rotatable bonds is 1. The number of phenols is 1. The highest BCUT2D eigenvalue weighted by Crippen LogP contribution is 2.36. The van der Waals surface area contributed by atoms with Crippen molar-refractivity contribution in [1.82, 2.24) is 9.55 Å². The zero-order valence-electron chi connectivity index (χ0n) is 17.5. The second kappa shape index (κ2) is 6.10. The predicted molar refractivity (Wildman–Crippen MR) is 118 cm³/mol. The third-order valence-electron chi connectivity index (χ3n) is 5.46. The molecule has 0 unspecified atom stereocenters. The molecule has 4 aromatic rings. The van der Waals surface area contributed by atoms with E-state index in [-0.39, 0.29) is 16.6 Å². The van der Waals surface area contributed by atoms with E-state index in [1.807, 2.05) is 18.3 Å². The fourth-order valence-corrected chi connectivity index (χ4v) is 3.73. The molecule has 0 atom stereocenters. The normalized spacial score (nSPS) is 12.8. The highest BCUT2D eigenvalue weighted by molar-refractivity contribution is 6.09. The summed E-state index contributed by atoms with van der Waals surface area (Å²) in [6.07, 6.45) is 1.87. The second-order valence-corrected chi connectivity index (χ2v) is 9.67. The number of hydrogen-bond acceptors (Lipinski definition) is 2. The maximum atomic E-state index is 10.2. The van der Waals surface area contributed by atoms with Gasteiger partial charge >= 0.3 is 0 Å². The van der Waals surface area contributed by atoms with Crippen molar-refractivity contribution in [2.45, 2.75) is 52.4 Å². The fourth-order valence-electron chi connectivity index (χ4n) is 3.73. The van der Waals surface area contributed by atoms with Crippen molar-refractivity contribution in [3.8, 4) is 11.6 Å². The van der Waals surface area contributed by atoms with Crippen molar-refractivity contribution in [3.63, 3.8) is 0 Å². The summed E-state index contributed by atoms with van der Waals surface area (Å²) in [6.45, 7) is 13.3. The molecule has 2 heterocycles. The third-order valence-corrected chi connectivity index (χ3v) is 5.46.